The van der Waals surface area contributed by atoms with E-state index in [0.29, 0.717) is 19.3 Å². The molecule has 0 amide bonds. The molecule has 0 heterocycles. The Balaban J connectivity index is 4.08. The van der Waals surface area contributed by atoms with Crippen LogP contribution in [0.4, 0.5) is 0 Å². The van der Waals surface area contributed by atoms with Crippen LogP contribution >= 0.6 is 0 Å². The normalized spacial score (nSPS) is 12.0. The number of ether oxygens (including phenoxy) is 3. The quantitative estimate of drug-likeness (QED) is 0.0263. The molecule has 0 aromatic rings. The van der Waals surface area contributed by atoms with Crippen LogP contribution in [0.3, 0.4) is 0 Å². The van der Waals surface area contributed by atoms with E-state index in [2.05, 4.69) is 32.9 Å². The highest BCUT2D eigenvalue weighted by Crippen LogP contribution is 2.17. The molecule has 0 spiro atoms. The van der Waals surface area contributed by atoms with Crippen LogP contribution in [0.5, 0.6) is 0 Å². The summed E-state index contributed by atoms with van der Waals surface area (Å²) in [4.78, 5) is 37.7. The first kappa shape index (κ1) is 58.1. The predicted molar refractivity (Wildman–Crippen MR) is 256 cm³/mol. The molecule has 1 unspecified atom stereocenters. The lowest BCUT2D eigenvalue weighted by molar-refractivity contribution is -0.167. The number of rotatable bonds is 49. The van der Waals surface area contributed by atoms with Crippen molar-refractivity contribution < 1.29 is 28.6 Å². The first-order valence-electron chi connectivity index (χ1n) is 26.7. The van der Waals surface area contributed by atoms with Crippen molar-refractivity contribution in [1.82, 2.24) is 0 Å². The minimum atomic E-state index is -0.766. The van der Waals surface area contributed by atoms with Crippen molar-refractivity contribution in [3.8, 4) is 0 Å². The number of carbonyl (C=O) groups is 3. The molecule has 354 valence electrons. The summed E-state index contributed by atoms with van der Waals surface area (Å²) in [7, 11) is 0. The molecular formula is C54H102O6. The van der Waals surface area contributed by atoms with Crippen LogP contribution in [-0.4, -0.2) is 37.2 Å². The van der Waals surface area contributed by atoms with Crippen molar-refractivity contribution in [3.63, 3.8) is 0 Å². The number of hydrogen-bond donors (Lipinski definition) is 0. The van der Waals surface area contributed by atoms with E-state index in [0.717, 1.165) is 64.2 Å². The van der Waals surface area contributed by atoms with Crippen molar-refractivity contribution >= 4 is 17.9 Å². The second-order valence-corrected chi connectivity index (χ2v) is 18.2. The van der Waals surface area contributed by atoms with E-state index in [1.54, 1.807) is 0 Å². The largest absolute Gasteiger partial charge is 0.462 e. The topological polar surface area (TPSA) is 78.9 Å². The summed E-state index contributed by atoms with van der Waals surface area (Å²) in [5.41, 5.74) is 0. The van der Waals surface area contributed by atoms with E-state index in [9.17, 15) is 14.4 Å². The molecule has 60 heavy (non-hydrogen) atoms. The van der Waals surface area contributed by atoms with Gasteiger partial charge >= 0.3 is 17.9 Å². The summed E-state index contributed by atoms with van der Waals surface area (Å²) in [6.07, 6.45) is 55.1. The van der Waals surface area contributed by atoms with Gasteiger partial charge in [-0.1, -0.05) is 245 Å². The molecule has 0 aliphatic rings. The number of allylic oxidation sites excluding steroid dienone is 2. The zero-order valence-electron chi connectivity index (χ0n) is 40.5. The van der Waals surface area contributed by atoms with E-state index >= 15 is 0 Å². The average molecular weight is 847 g/mol. The molecule has 0 radical (unpaired) electrons. The average Bonchev–Trinajstić information content (AvgIpc) is 3.24. The fraction of sp³-hybridized carbons (Fsp3) is 0.907. The zero-order valence-corrected chi connectivity index (χ0v) is 40.5. The highest BCUT2D eigenvalue weighted by Gasteiger charge is 2.19. The molecule has 0 rings (SSSR count). The van der Waals surface area contributed by atoms with Gasteiger partial charge in [-0.3, -0.25) is 14.4 Å². The molecule has 0 fully saturated rings. The Bertz CT molecular complexity index is 931. The molecule has 0 bridgehead atoms. The van der Waals surface area contributed by atoms with E-state index in [1.807, 2.05) is 0 Å². The van der Waals surface area contributed by atoms with Gasteiger partial charge in [0.05, 0.1) is 0 Å². The van der Waals surface area contributed by atoms with Gasteiger partial charge < -0.3 is 14.2 Å². The summed E-state index contributed by atoms with van der Waals surface area (Å²) < 4.78 is 16.7. The number of hydrogen-bond acceptors (Lipinski definition) is 6. The first-order chi connectivity index (χ1) is 29.5. The highest BCUT2D eigenvalue weighted by atomic mass is 16.6. The maximum Gasteiger partial charge on any atom is 0.306 e. The standard InChI is InChI=1S/C54H102O6/c1-4-7-10-13-16-18-20-22-23-24-25-26-27-28-29-30-31-32-34-35-38-41-44-47-53(56)59-50-51(49-58-52(55)46-43-40-37-15-12-9-6-3)60-54(57)48-45-42-39-36-33-21-19-17-14-11-8-5-2/h17,19,51H,4-16,18,20-50H2,1-3H3/b19-17-. The summed E-state index contributed by atoms with van der Waals surface area (Å²) in [5, 5.41) is 0. The van der Waals surface area contributed by atoms with Gasteiger partial charge in [0.25, 0.3) is 0 Å². The molecule has 0 saturated heterocycles. The lowest BCUT2D eigenvalue weighted by Crippen LogP contribution is -2.30. The number of carbonyl (C=O) groups excluding carboxylic acids is 3. The molecule has 0 N–H and O–H groups in total. The monoisotopic (exact) mass is 847 g/mol. The van der Waals surface area contributed by atoms with Crippen molar-refractivity contribution in [2.75, 3.05) is 13.2 Å². The van der Waals surface area contributed by atoms with Gasteiger partial charge in [-0.05, 0) is 44.9 Å². The molecule has 0 aliphatic heterocycles. The summed E-state index contributed by atoms with van der Waals surface area (Å²) in [6.45, 7) is 6.60. The Kier molecular flexibility index (Phi) is 48.3. The third-order valence-corrected chi connectivity index (χ3v) is 12.0. The van der Waals surface area contributed by atoms with Gasteiger partial charge in [0.1, 0.15) is 13.2 Å². The van der Waals surface area contributed by atoms with E-state index < -0.39 is 6.10 Å². The third kappa shape index (κ3) is 47.2. The van der Waals surface area contributed by atoms with Gasteiger partial charge in [0.2, 0.25) is 0 Å². The molecular weight excluding hydrogens is 745 g/mol. The van der Waals surface area contributed by atoms with Crippen LogP contribution in [0.25, 0.3) is 0 Å². The van der Waals surface area contributed by atoms with Crippen molar-refractivity contribution in [2.45, 2.75) is 303 Å². The Labute approximate surface area is 373 Å². The zero-order chi connectivity index (χ0) is 43.7. The van der Waals surface area contributed by atoms with E-state index in [-0.39, 0.29) is 31.1 Å². The number of esters is 3. The fourth-order valence-electron chi connectivity index (χ4n) is 7.97. The summed E-state index contributed by atoms with van der Waals surface area (Å²) in [5.74, 6) is -0.870. The van der Waals surface area contributed by atoms with Crippen LogP contribution in [0.15, 0.2) is 12.2 Å². The molecule has 0 saturated carbocycles. The van der Waals surface area contributed by atoms with Crippen molar-refractivity contribution in [3.05, 3.63) is 12.2 Å². The molecule has 6 nitrogen and oxygen atoms in total. The van der Waals surface area contributed by atoms with Crippen LogP contribution in [0.1, 0.15) is 297 Å². The van der Waals surface area contributed by atoms with Gasteiger partial charge in [-0.2, -0.15) is 0 Å². The summed E-state index contributed by atoms with van der Waals surface area (Å²) >= 11 is 0. The maximum atomic E-state index is 12.7. The molecule has 1 atom stereocenters. The van der Waals surface area contributed by atoms with Crippen LogP contribution in [0, 0.1) is 0 Å². The molecule has 0 aromatic heterocycles. The van der Waals surface area contributed by atoms with E-state index in [4.69, 9.17) is 14.2 Å². The van der Waals surface area contributed by atoms with Crippen LogP contribution in [-0.2, 0) is 28.6 Å². The predicted octanol–water partition coefficient (Wildman–Crippen LogP) is 17.4. The molecule has 0 aromatic carbocycles. The highest BCUT2D eigenvalue weighted by molar-refractivity contribution is 5.71. The Morgan fingerprint density at radius 2 is 0.550 bits per heavy atom. The SMILES string of the molecule is CCCCC/C=C\CCCCCCCC(=O)OC(COC(=O)CCCCCCCCC)COC(=O)CCCCCCCCCCCCCCCCCCCCCCCCC. The van der Waals surface area contributed by atoms with Crippen LogP contribution in [0.2, 0.25) is 0 Å². The minimum Gasteiger partial charge on any atom is -0.462 e. The minimum absolute atomic E-state index is 0.0688. The lowest BCUT2D eigenvalue weighted by Gasteiger charge is -2.18. The Morgan fingerprint density at radius 1 is 0.317 bits per heavy atom. The van der Waals surface area contributed by atoms with Gasteiger partial charge in [-0.15, -0.1) is 0 Å². The lowest BCUT2D eigenvalue weighted by atomic mass is 10.0. The molecule has 0 aliphatic carbocycles. The number of unbranched alkanes of at least 4 members (excludes halogenated alkanes) is 36. The van der Waals surface area contributed by atoms with Gasteiger partial charge in [0, 0.05) is 19.3 Å². The first-order valence-corrected chi connectivity index (χ1v) is 26.7. The van der Waals surface area contributed by atoms with Crippen molar-refractivity contribution in [2.24, 2.45) is 0 Å². The second-order valence-electron chi connectivity index (χ2n) is 18.2. The van der Waals surface area contributed by atoms with Gasteiger partial charge in [-0.25, -0.2) is 0 Å². The maximum absolute atomic E-state index is 12.7. The third-order valence-electron chi connectivity index (χ3n) is 12.0. The van der Waals surface area contributed by atoms with E-state index in [1.165, 1.54) is 193 Å². The smallest absolute Gasteiger partial charge is 0.306 e. The second kappa shape index (κ2) is 49.8. The fourth-order valence-corrected chi connectivity index (χ4v) is 7.97. The Morgan fingerprint density at radius 3 is 0.867 bits per heavy atom. The summed E-state index contributed by atoms with van der Waals surface area (Å²) in [6, 6.07) is 0. The van der Waals surface area contributed by atoms with Gasteiger partial charge in [0.15, 0.2) is 6.10 Å². The van der Waals surface area contributed by atoms with Crippen LogP contribution < -0.4 is 0 Å². The van der Waals surface area contributed by atoms with Crippen molar-refractivity contribution in [1.29, 1.82) is 0 Å². The molecule has 6 heteroatoms. The Hall–Kier alpha value is -1.85.